The molecule has 2 heterocycles. The molecule has 0 aliphatic heterocycles. The molecule has 1 aliphatic rings. The highest BCUT2D eigenvalue weighted by Gasteiger charge is 2.25. The van der Waals surface area contributed by atoms with E-state index in [0.717, 1.165) is 52.2 Å². The maximum Gasteiger partial charge on any atom is 0.329 e. The van der Waals surface area contributed by atoms with Gasteiger partial charge in [0.15, 0.2) is 0 Å². The molecule has 4 aromatic rings. The van der Waals surface area contributed by atoms with Crippen LogP contribution in [0.3, 0.4) is 0 Å². The second kappa shape index (κ2) is 7.51. The quantitative estimate of drug-likeness (QED) is 0.427. The number of rotatable bonds is 3. The lowest BCUT2D eigenvalue weighted by molar-refractivity contribution is 0.509. The Hall–Kier alpha value is -3.08. The van der Waals surface area contributed by atoms with E-state index in [1.807, 2.05) is 11.6 Å². The average molecular weight is 429 g/mol. The summed E-state index contributed by atoms with van der Waals surface area (Å²) in [7, 11) is 1.88. The van der Waals surface area contributed by atoms with Crippen LogP contribution in [0.2, 0.25) is 0 Å². The molecule has 1 saturated carbocycles. The summed E-state index contributed by atoms with van der Waals surface area (Å²) in [6, 6.07) is 15.2. The van der Waals surface area contributed by atoms with Crippen LogP contribution in [0.15, 0.2) is 47.3 Å². The van der Waals surface area contributed by atoms with Crippen molar-refractivity contribution >= 4 is 11.0 Å². The highest BCUT2D eigenvalue weighted by molar-refractivity contribution is 5.86. The lowest BCUT2D eigenvalue weighted by atomic mass is 9.96. The van der Waals surface area contributed by atoms with Gasteiger partial charge in [0.2, 0.25) is 0 Å². The van der Waals surface area contributed by atoms with Crippen molar-refractivity contribution in [1.82, 2.24) is 19.1 Å². The molecule has 0 amide bonds. The second-order valence-corrected chi connectivity index (χ2v) is 10.3. The Bertz CT molecular complexity index is 1360. The van der Waals surface area contributed by atoms with Gasteiger partial charge < -0.3 is 4.98 Å². The zero-order valence-electron chi connectivity index (χ0n) is 19.7. The SMILES string of the molecule is Cc1cccc(-c2nc(C(C)(C)C)[nH]c2-c2ccc3c(c2)n(C)c(=O)n3C2CCCC2)c1. The fourth-order valence-corrected chi connectivity index (χ4v) is 4.97. The number of aromatic amines is 1. The summed E-state index contributed by atoms with van der Waals surface area (Å²) in [5.74, 6) is 0.960. The topological polar surface area (TPSA) is 55.6 Å². The third kappa shape index (κ3) is 3.40. The Labute approximate surface area is 189 Å². The number of H-pyrrole nitrogens is 1. The van der Waals surface area contributed by atoms with Crippen LogP contribution in [0, 0.1) is 6.92 Å². The molecular formula is C27H32N4O. The number of benzene rings is 2. The highest BCUT2D eigenvalue weighted by Crippen LogP contribution is 2.36. The minimum atomic E-state index is -0.0976. The lowest BCUT2D eigenvalue weighted by Gasteiger charge is -2.14. The summed E-state index contributed by atoms with van der Waals surface area (Å²) in [6.07, 6.45) is 4.59. The van der Waals surface area contributed by atoms with Crippen LogP contribution in [-0.2, 0) is 12.5 Å². The van der Waals surface area contributed by atoms with Gasteiger partial charge in [-0.25, -0.2) is 9.78 Å². The number of imidazole rings is 2. The molecule has 1 fully saturated rings. The Morgan fingerprint density at radius 3 is 2.44 bits per heavy atom. The van der Waals surface area contributed by atoms with E-state index in [0.29, 0.717) is 6.04 Å². The molecule has 0 saturated heterocycles. The molecule has 0 atom stereocenters. The van der Waals surface area contributed by atoms with E-state index in [1.165, 1.54) is 18.4 Å². The third-order valence-electron chi connectivity index (χ3n) is 6.77. The van der Waals surface area contributed by atoms with Gasteiger partial charge in [0, 0.05) is 29.6 Å². The molecule has 1 aliphatic carbocycles. The fourth-order valence-electron chi connectivity index (χ4n) is 4.97. The number of nitrogens with zero attached hydrogens (tertiary/aromatic N) is 3. The molecular weight excluding hydrogens is 396 g/mol. The van der Waals surface area contributed by atoms with Crippen molar-refractivity contribution in [2.75, 3.05) is 0 Å². The van der Waals surface area contributed by atoms with Crippen LogP contribution in [-0.4, -0.2) is 19.1 Å². The minimum Gasteiger partial charge on any atom is -0.341 e. The number of hydrogen-bond acceptors (Lipinski definition) is 2. The van der Waals surface area contributed by atoms with Gasteiger partial charge in [-0.15, -0.1) is 0 Å². The maximum absolute atomic E-state index is 13.1. The van der Waals surface area contributed by atoms with E-state index in [2.05, 4.69) is 75.1 Å². The molecule has 2 aromatic carbocycles. The van der Waals surface area contributed by atoms with Crippen molar-refractivity contribution in [3.8, 4) is 22.5 Å². The van der Waals surface area contributed by atoms with Crippen LogP contribution >= 0.6 is 0 Å². The predicted octanol–water partition coefficient (Wildman–Crippen LogP) is 6.12. The van der Waals surface area contributed by atoms with E-state index in [9.17, 15) is 4.79 Å². The Morgan fingerprint density at radius 1 is 1.00 bits per heavy atom. The monoisotopic (exact) mass is 428 g/mol. The summed E-state index contributed by atoms with van der Waals surface area (Å²) in [5.41, 5.74) is 7.31. The Morgan fingerprint density at radius 2 is 1.75 bits per heavy atom. The van der Waals surface area contributed by atoms with Crippen LogP contribution in [0.1, 0.15) is 63.9 Å². The summed E-state index contributed by atoms with van der Waals surface area (Å²) in [6.45, 7) is 8.62. The third-order valence-corrected chi connectivity index (χ3v) is 6.77. The summed E-state index contributed by atoms with van der Waals surface area (Å²) in [4.78, 5) is 21.7. The maximum atomic E-state index is 13.1. The minimum absolute atomic E-state index is 0.0861. The average Bonchev–Trinajstić information content (AvgIpc) is 3.47. The van der Waals surface area contributed by atoms with E-state index in [4.69, 9.17) is 4.98 Å². The Kier molecular flexibility index (Phi) is 4.88. The number of nitrogens with one attached hydrogen (secondary N) is 1. The molecule has 1 N–H and O–H groups in total. The fraction of sp³-hybridized carbons (Fsp3) is 0.407. The van der Waals surface area contributed by atoms with E-state index in [-0.39, 0.29) is 11.1 Å². The van der Waals surface area contributed by atoms with Gasteiger partial charge in [-0.2, -0.15) is 0 Å². The van der Waals surface area contributed by atoms with Crippen LogP contribution < -0.4 is 5.69 Å². The van der Waals surface area contributed by atoms with Gasteiger partial charge in [0.1, 0.15) is 5.82 Å². The van der Waals surface area contributed by atoms with Gasteiger partial charge >= 0.3 is 5.69 Å². The zero-order valence-corrected chi connectivity index (χ0v) is 19.7. The van der Waals surface area contributed by atoms with Crippen LogP contribution in [0.25, 0.3) is 33.5 Å². The van der Waals surface area contributed by atoms with E-state index < -0.39 is 0 Å². The van der Waals surface area contributed by atoms with Gasteiger partial charge in [-0.1, -0.05) is 63.4 Å². The molecule has 0 unspecified atom stereocenters. The Balaban J connectivity index is 1.71. The summed E-state index contributed by atoms with van der Waals surface area (Å²) in [5, 5.41) is 0. The van der Waals surface area contributed by atoms with Gasteiger partial charge in [-0.05, 0) is 38.0 Å². The second-order valence-electron chi connectivity index (χ2n) is 10.3. The van der Waals surface area contributed by atoms with E-state index >= 15 is 0 Å². The molecule has 0 spiro atoms. The molecule has 5 rings (SSSR count). The molecule has 166 valence electrons. The highest BCUT2D eigenvalue weighted by atomic mass is 16.1. The largest absolute Gasteiger partial charge is 0.341 e. The number of aromatic nitrogens is 4. The van der Waals surface area contributed by atoms with Gasteiger partial charge in [-0.3, -0.25) is 9.13 Å². The molecule has 2 aromatic heterocycles. The van der Waals surface area contributed by atoms with Crippen LogP contribution in [0.5, 0.6) is 0 Å². The first-order valence-corrected chi connectivity index (χ1v) is 11.6. The molecule has 32 heavy (non-hydrogen) atoms. The molecule has 0 radical (unpaired) electrons. The molecule has 5 heteroatoms. The van der Waals surface area contributed by atoms with E-state index in [1.54, 1.807) is 4.57 Å². The smallest absolute Gasteiger partial charge is 0.329 e. The predicted molar refractivity (Wildman–Crippen MR) is 131 cm³/mol. The summed E-state index contributed by atoms with van der Waals surface area (Å²) < 4.78 is 3.81. The van der Waals surface area contributed by atoms with Crippen LogP contribution in [0.4, 0.5) is 0 Å². The van der Waals surface area contributed by atoms with Crippen molar-refractivity contribution in [1.29, 1.82) is 0 Å². The number of hydrogen-bond donors (Lipinski definition) is 1. The molecule has 5 nitrogen and oxygen atoms in total. The number of fused-ring (bicyclic) bond motifs is 1. The van der Waals surface area contributed by atoms with Crippen molar-refractivity contribution in [2.24, 2.45) is 7.05 Å². The first-order valence-electron chi connectivity index (χ1n) is 11.6. The first-order chi connectivity index (χ1) is 15.2. The van der Waals surface area contributed by atoms with Gasteiger partial charge in [0.05, 0.1) is 22.4 Å². The normalized spacial score (nSPS) is 15.2. The summed E-state index contributed by atoms with van der Waals surface area (Å²) >= 11 is 0. The molecule has 0 bridgehead atoms. The lowest BCUT2D eigenvalue weighted by Crippen LogP contribution is -2.24. The standard InChI is InChI=1S/C27H32N4O/c1-17-9-8-10-18(15-17)23-24(29-25(28-23)27(2,3)4)19-13-14-21-22(16-19)30(5)26(32)31(21)20-11-6-7-12-20/h8-10,13-16,20H,6-7,11-12H2,1-5H3,(H,28,29). The van der Waals surface area contributed by atoms with Crippen molar-refractivity contribution in [3.63, 3.8) is 0 Å². The van der Waals surface area contributed by atoms with Crippen molar-refractivity contribution in [3.05, 3.63) is 64.3 Å². The van der Waals surface area contributed by atoms with Gasteiger partial charge in [0.25, 0.3) is 0 Å². The number of aryl methyl sites for hydroxylation is 2. The first kappa shape index (κ1) is 20.8. The van der Waals surface area contributed by atoms with Crippen molar-refractivity contribution in [2.45, 2.75) is 64.8 Å². The van der Waals surface area contributed by atoms with Crippen molar-refractivity contribution < 1.29 is 0 Å². The zero-order chi connectivity index (χ0) is 22.6.